The van der Waals surface area contributed by atoms with Crippen LogP contribution in [0.4, 0.5) is 8.78 Å². The van der Waals surface area contributed by atoms with Crippen molar-refractivity contribution in [2.24, 2.45) is 23.2 Å². The third kappa shape index (κ3) is 3.49. The van der Waals surface area contributed by atoms with Crippen molar-refractivity contribution in [1.82, 2.24) is 0 Å². The summed E-state index contributed by atoms with van der Waals surface area (Å²) in [6, 6.07) is 0. The van der Waals surface area contributed by atoms with Gasteiger partial charge in [-0.3, -0.25) is 4.79 Å². The van der Waals surface area contributed by atoms with Gasteiger partial charge in [0.1, 0.15) is 5.97 Å². The maximum atomic E-state index is 12.8. The zero-order valence-corrected chi connectivity index (χ0v) is 13.7. The van der Waals surface area contributed by atoms with Gasteiger partial charge in [0.05, 0.1) is 12.0 Å². The number of esters is 1. The zero-order chi connectivity index (χ0) is 16.7. The Kier molecular flexibility index (Phi) is 4.60. The van der Waals surface area contributed by atoms with E-state index in [1.807, 2.05) is 0 Å². The van der Waals surface area contributed by atoms with Crippen molar-refractivity contribution in [2.45, 2.75) is 50.2 Å². The maximum Gasteiger partial charge on any atom is 0.333 e. The number of ether oxygens (including phenoxy) is 1. The SMILES string of the molecule is O=C(OCCCSC(F)(F)C(=O)[O-])C12CC3CC(CC(C3)C1)C2. The molecule has 0 aromatic carbocycles. The summed E-state index contributed by atoms with van der Waals surface area (Å²) < 4.78 is 31.0. The van der Waals surface area contributed by atoms with Gasteiger partial charge in [-0.05, 0) is 62.7 Å². The highest BCUT2D eigenvalue weighted by Gasteiger charge is 2.55. The van der Waals surface area contributed by atoms with E-state index in [0.717, 1.165) is 19.3 Å². The number of thioether (sulfide) groups is 1. The van der Waals surface area contributed by atoms with Gasteiger partial charge in [-0.1, -0.05) is 11.8 Å². The molecule has 23 heavy (non-hydrogen) atoms. The van der Waals surface area contributed by atoms with Gasteiger partial charge in [0.25, 0.3) is 0 Å². The molecule has 0 aromatic rings. The van der Waals surface area contributed by atoms with Crippen LogP contribution in [0, 0.1) is 23.2 Å². The number of aliphatic carboxylic acids is 1. The molecular weight excluding hydrogens is 326 g/mol. The van der Waals surface area contributed by atoms with Crippen LogP contribution in [0.15, 0.2) is 0 Å². The van der Waals surface area contributed by atoms with E-state index in [-0.39, 0.29) is 41.9 Å². The molecule has 0 radical (unpaired) electrons. The number of carbonyl (C=O) groups is 2. The van der Waals surface area contributed by atoms with Crippen LogP contribution >= 0.6 is 11.8 Å². The van der Waals surface area contributed by atoms with Crippen LogP contribution in [0.3, 0.4) is 0 Å². The van der Waals surface area contributed by atoms with Crippen LogP contribution < -0.4 is 5.11 Å². The topological polar surface area (TPSA) is 66.4 Å². The Bertz CT molecular complexity index is 459. The Morgan fingerprint density at radius 2 is 1.65 bits per heavy atom. The van der Waals surface area contributed by atoms with Crippen LogP contribution in [0.1, 0.15) is 44.9 Å². The van der Waals surface area contributed by atoms with Crippen molar-refractivity contribution < 1.29 is 28.2 Å². The first-order valence-electron chi connectivity index (χ1n) is 8.21. The lowest BCUT2D eigenvalue weighted by atomic mass is 9.49. The summed E-state index contributed by atoms with van der Waals surface area (Å²) in [5.74, 6) is -0.709. The number of hydrogen-bond acceptors (Lipinski definition) is 5. The zero-order valence-electron chi connectivity index (χ0n) is 12.9. The van der Waals surface area contributed by atoms with E-state index in [4.69, 9.17) is 4.74 Å². The number of alkyl halides is 2. The van der Waals surface area contributed by atoms with Crippen LogP contribution in [-0.4, -0.2) is 29.6 Å². The quantitative estimate of drug-likeness (QED) is 0.522. The highest BCUT2D eigenvalue weighted by atomic mass is 32.2. The minimum atomic E-state index is -3.88. The second-order valence-electron chi connectivity index (χ2n) is 7.34. The summed E-state index contributed by atoms with van der Waals surface area (Å²) in [5, 5.41) is 6.30. The van der Waals surface area contributed by atoms with E-state index in [0.29, 0.717) is 17.8 Å². The smallest absolute Gasteiger partial charge is 0.333 e. The Hall–Kier alpha value is -0.850. The molecule has 0 spiro atoms. The summed E-state index contributed by atoms with van der Waals surface area (Å²) in [6.45, 7) is 0.0662. The molecule has 0 amide bonds. The third-order valence-corrected chi connectivity index (χ3v) is 6.54. The number of carboxylic acids is 1. The van der Waals surface area contributed by atoms with Crippen LogP contribution in [0.5, 0.6) is 0 Å². The van der Waals surface area contributed by atoms with E-state index < -0.39 is 11.2 Å². The number of hydrogen-bond donors (Lipinski definition) is 0. The molecule has 0 atom stereocenters. The summed E-state index contributed by atoms with van der Waals surface area (Å²) in [5.41, 5.74) is -0.336. The largest absolute Gasteiger partial charge is 0.543 e. The lowest BCUT2D eigenvalue weighted by Crippen LogP contribution is -2.50. The molecule has 0 N–H and O–H groups in total. The second-order valence-corrected chi connectivity index (χ2v) is 8.55. The minimum absolute atomic E-state index is 0.0113. The van der Waals surface area contributed by atoms with Crippen LogP contribution in [0.2, 0.25) is 0 Å². The van der Waals surface area contributed by atoms with Crippen molar-refractivity contribution >= 4 is 23.7 Å². The van der Waals surface area contributed by atoms with Gasteiger partial charge in [0.2, 0.25) is 0 Å². The molecule has 130 valence electrons. The Labute approximate surface area is 138 Å². The van der Waals surface area contributed by atoms with E-state index in [9.17, 15) is 23.5 Å². The standard InChI is InChI=1S/C16H22F2O4S/c17-16(18,13(19)20)23-3-1-2-22-14(21)15-7-10-4-11(8-15)6-12(5-10)9-15/h10-12H,1-9H2,(H,19,20)/p-1. The van der Waals surface area contributed by atoms with Crippen molar-refractivity contribution in [1.29, 1.82) is 0 Å². The predicted octanol–water partition coefficient (Wildman–Crippen LogP) is 2.21. The summed E-state index contributed by atoms with van der Waals surface area (Å²) in [6.07, 6.45) is 6.66. The van der Waals surface area contributed by atoms with Crippen molar-refractivity contribution in [3.8, 4) is 0 Å². The second kappa shape index (κ2) is 6.22. The average Bonchev–Trinajstić information content (AvgIpc) is 2.45. The van der Waals surface area contributed by atoms with E-state index in [2.05, 4.69) is 0 Å². The van der Waals surface area contributed by atoms with Crippen molar-refractivity contribution in [3.63, 3.8) is 0 Å². The summed E-state index contributed by atoms with van der Waals surface area (Å²) in [7, 11) is 0. The molecule has 4 bridgehead atoms. The number of halogens is 2. The molecule has 0 unspecified atom stereocenters. The first-order valence-corrected chi connectivity index (χ1v) is 9.20. The Morgan fingerprint density at radius 1 is 1.13 bits per heavy atom. The highest BCUT2D eigenvalue weighted by molar-refractivity contribution is 8.01. The first-order chi connectivity index (χ1) is 10.8. The van der Waals surface area contributed by atoms with Crippen molar-refractivity contribution in [3.05, 3.63) is 0 Å². The molecule has 0 aromatic heterocycles. The molecule has 0 heterocycles. The van der Waals surface area contributed by atoms with E-state index in [1.165, 1.54) is 19.3 Å². The monoisotopic (exact) mass is 347 g/mol. The Balaban J connectivity index is 1.43. The van der Waals surface area contributed by atoms with Crippen LogP contribution in [0.25, 0.3) is 0 Å². The predicted molar refractivity (Wildman–Crippen MR) is 78.6 cm³/mol. The molecule has 4 rings (SSSR count). The van der Waals surface area contributed by atoms with Gasteiger partial charge in [0.15, 0.2) is 0 Å². The van der Waals surface area contributed by atoms with Gasteiger partial charge in [-0.15, -0.1) is 0 Å². The molecule has 4 saturated carbocycles. The number of carboxylic acid groups (broad SMARTS) is 1. The summed E-state index contributed by atoms with van der Waals surface area (Å²) in [4.78, 5) is 22.7. The average molecular weight is 347 g/mol. The lowest BCUT2D eigenvalue weighted by molar-refractivity contribution is -0.320. The van der Waals surface area contributed by atoms with Crippen LogP contribution in [-0.2, 0) is 14.3 Å². The summed E-state index contributed by atoms with van der Waals surface area (Å²) >= 11 is 0.0113. The number of rotatable bonds is 7. The van der Waals surface area contributed by atoms with Gasteiger partial charge < -0.3 is 14.6 Å². The maximum absolute atomic E-state index is 12.8. The molecule has 0 saturated heterocycles. The minimum Gasteiger partial charge on any atom is -0.543 e. The molecule has 0 aliphatic heterocycles. The molecule has 4 aliphatic carbocycles. The molecule has 4 fully saturated rings. The molecular formula is C16H21F2O4S-. The van der Waals surface area contributed by atoms with Crippen molar-refractivity contribution in [2.75, 3.05) is 12.4 Å². The van der Waals surface area contributed by atoms with Gasteiger partial charge in [0, 0.05) is 5.75 Å². The first kappa shape index (κ1) is 17.0. The fourth-order valence-electron chi connectivity index (χ4n) is 5.00. The van der Waals surface area contributed by atoms with E-state index in [1.54, 1.807) is 0 Å². The Morgan fingerprint density at radius 3 is 2.13 bits per heavy atom. The van der Waals surface area contributed by atoms with Gasteiger partial charge in [-0.25, -0.2) is 0 Å². The van der Waals surface area contributed by atoms with E-state index >= 15 is 0 Å². The lowest BCUT2D eigenvalue weighted by Gasteiger charge is -2.55. The normalized spacial score (nSPS) is 35.3. The fraction of sp³-hybridized carbons (Fsp3) is 0.875. The fourth-order valence-corrected chi connectivity index (χ4v) is 5.63. The third-order valence-electron chi connectivity index (χ3n) is 5.51. The molecule has 4 aliphatic rings. The molecule has 7 heteroatoms. The highest BCUT2D eigenvalue weighted by Crippen LogP contribution is 2.60. The van der Waals surface area contributed by atoms with Gasteiger partial charge >= 0.3 is 11.2 Å². The van der Waals surface area contributed by atoms with Gasteiger partial charge in [-0.2, -0.15) is 8.78 Å². The number of carbonyl (C=O) groups excluding carboxylic acids is 2. The molecule has 4 nitrogen and oxygen atoms in total.